The Morgan fingerprint density at radius 1 is 1.30 bits per heavy atom. The molecule has 0 aromatic rings. The zero-order chi connectivity index (χ0) is 23.4. The van der Waals surface area contributed by atoms with E-state index in [1.807, 2.05) is 0 Å². The SMILES string of the molecule is CC(C)[C@H](N)C(=O)N[C@H]1CN(C(=O)OC(C)(C)C)[C@H](C(=O)O)[C@]1(C)CCCB(O)O. The van der Waals surface area contributed by atoms with Crippen LogP contribution in [0.2, 0.25) is 6.32 Å². The molecule has 10 nitrogen and oxygen atoms in total. The predicted octanol–water partition coefficient (Wildman–Crippen LogP) is 0.418. The van der Waals surface area contributed by atoms with Gasteiger partial charge < -0.3 is 30.9 Å². The third-order valence-electron chi connectivity index (χ3n) is 5.49. The zero-order valence-electron chi connectivity index (χ0n) is 18.7. The minimum absolute atomic E-state index is 0.0422. The van der Waals surface area contributed by atoms with Crippen LogP contribution in [0.1, 0.15) is 54.4 Å². The van der Waals surface area contributed by atoms with Crippen LogP contribution in [0.4, 0.5) is 4.79 Å². The number of aliphatic carboxylic acids is 1. The summed E-state index contributed by atoms with van der Waals surface area (Å²) in [6.45, 7) is 10.3. The summed E-state index contributed by atoms with van der Waals surface area (Å²) >= 11 is 0. The molecule has 0 spiro atoms. The fourth-order valence-corrected chi connectivity index (χ4v) is 3.73. The maximum Gasteiger partial charge on any atom is 0.451 e. The summed E-state index contributed by atoms with van der Waals surface area (Å²) in [7, 11) is -1.53. The van der Waals surface area contributed by atoms with Crippen LogP contribution in [0.15, 0.2) is 0 Å². The number of nitrogens with zero attached hydrogens (tertiary/aromatic N) is 1. The van der Waals surface area contributed by atoms with Gasteiger partial charge in [-0.25, -0.2) is 9.59 Å². The van der Waals surface area contributed by atoms with E-state index in [1.165, 1.54) is 0 Å². The van der Waals surface area contributed by atoms with Gasteiger partial charge in [-0.3, -0.25) is 9.69 Å². The molecule has 4 atom stereocenters. The van der Waals surface area contributed by atoms with Gasteiger partial charge in [-0.1, -0.05) is 27.2 Å². The topological polar surface area (TPSA) is 162 Å². The van der Waals surface area contributed by atoms with Crippen molar-refractivity contribution in [1.82, 2.24) is 10.2 Å². The number of hydrogen-bond donors (Lipinski definition) is 5. The molecular formula is C19H36BN3O7. The summed E-state index contributed by atoms with van der Waals surface area (Å²) in [6.07, 6.45) is -0.209. The van der Waals surface area contributed by atoms with Gasteiger partial charge in [0.05, 0.1) is 12.1 Å². The summed E-state index contributed by atoms with van der Waals surface area (Å²) in [6, 6.07) is -2.74. The fraction of sp³-hybridized carbons (Fsp3) is 0.842. The summed E-state index contributed by atoms with van der Waals surface area (Å²) in [5, 5.41) is 31.1. The zero-order valence-corrected chi connectivity index (χ0v) is 18.7. The Balaban J connectivity index is 3.24. The maximum atomic E-state index is 12.7. The van der Waals surface area contributed by atoms with Crippen LogP contribution >= 0.6 is 0 Å². The molecule has 6 N–H and O–H groups in total. The third-order valence-corrected chi connectivity index (χ3v) is 5.49. The number of amides is 2. The van der Waals surface area contributed by atoms with Crippen molar-refractivity contribution in [3.05, 3.63) is 0 Å². The van der Waals surface area contributed by atoms with Gasteiger partial charge in [-0.05, 0) is 39.4 Å². The number of carbonyl (C=O) groups excluding carboxylic acids is 2. The molecule has 1 saturated heterocycles. The van der Waals surface area contributed by atoms with Crippen LogP contribution < -0.4 is 11.1 Å². The first kappa shape index (κ1) is 26.2. The van der Waals surface area contributed by atoms with Gasteiger partial charge in [-0.15, -0.1) is 0 Å². The highest BCUT2D eigenvalue weighted by Gasteiger charge is 2.57. The second-order valence-electron chi connectivity index (χ2n) is 9.58. The Labute approximate surface area is 178 Å². The third kappa shape index (κ3) is 6.58. The number of likely N-dealkylation sites (tertiary alicyclic amines) is 1. The molecule has 1 fully saturated rings. The molecule has 0 aromatic heterocycles. The molecule has 1 heterocycles. The molecular weight excluding hydrogens is 393 g/mol. The number of carboxylic acid groups (broad SMARTS) is 1. The van der Waals surface area contributed by atoms with E-state index >= 15 is 0 Å². The van der Waals surface area contributed by atoms with Gasteiger partial charge in [0, 0.05) is 12.0 Å². The largest absolute Gasteiger partial charge is 0.480 e. The standard InChI is InChI=1S/C19H36BN3O7/c1-11(2)13(21)15(24)22-12-10-23(17(27)30-18(3,4)5)14(16(25)26)19(12,6)8-7-9-20(28)29/h11-14,28-29H,7-10,21H2,1-6H3,(H,22,24)(H,25,26)/t12-,13-,14+,19+/m0/s1. The molecule has 0 saturated carbocycles. The minimum Gasteiger partial charge on any atom is -0.480 e. The van der Waals surface area contributed by atoms with Crippen molar-refractivity contribution in [2.45, 2.75) is 84.4 Å². The molecule has 172 valence electrons. The molecule has 30 heavy (non-hydrogen) atoms. The van der Waals surface area contributed by atoms with Crippen molar-refractivity contribution in [1.29, 1.82) is 0 Å². The number of nitrogens with two attached hydrogens (primary N) is 1. The van der Waals surface area contributed by atoms with Crippen molar-refractivity contribution >= 4 is 25.1 Å². The molecule has 0 aliphatic carbocycles. The number of carboxylic acids is 1. The van der Waals surface area contributed by atoms with Crippen molar-refractivity contribution in [2.24, 2.45) is 17.1 Å². The Hall–Kier alpha value is -1.85. The summed E-state index contributed by atoms with van der Waals surface area (Å²) in [5.41, 5.74) is 4.05. The lowest BCUT2D eigenvalue weighted by Gasteiger charge is -2.36. The first-order valence-electron chi connectivity index (χ1n) is 10.2. The maximum absolute atomic E-state index is 12.7. The van der Waals surface area contributed by atoms with E-state index in [1.54, 1.807) is 41.5 Å². The predicted molar refractivity (Wildman–Crippen MR) is 111 cm³/mol. The van der Waals surface area contributed by atoms with Gasteiger partial charge in [0.2, 0.25) is 5.91 Å². The Morgan fingerprint density at radius 3 is 2.30 bits per heavy atom. The molecule has 0 radical (unpaired) electrons. The van der Waals surface area contributed by atoms with Crippen LogP contribution in [0.25, 0.3) is 0 Å². The summed E-state index contributed by atoms with van der Waals surface area (Å²) in [4.78, 5) is 38.6. The van der Waals surface area contributed by atoms with Crippen molar-refractivity contribution in [2.75, 3.05) is 6.54 Å². The van der Waals surface area contributed by atoms with E-state index in [4.69, 9.17) is 20.5 Å². The van der Waals surface area contributed by atoms with Gasteiger partial charge in [-0.2, -0.15) is 0 Å². The monoisotopic (exact) mass is 429 g/mol. The highest BCUT2D eigenvalue weighted by molar-refractivity contribution is 6.40. The molecule has 0 bridgehead atoms. The van der Waals surface area contributed by atoms with Crippen LogP contribution in [-0.2, 0) is 14.3 Å². The number of carbonyl (C=O) groups is 3. The first-order chi connectivity index (χ1) is 13.6. The molecule has 1 aliphatic rings. The first-order valence-corrected chi connectivity index (χ1v) is 10.2. The van der Waals surface area contributed by atoms with E-state index in [-0.39, 0.29) is 25.2 Å². The van der Waals surface area contributed by atoms with Gasteiger partial charge in [0.1, 0.15) is 11.6 Å². The van der Waals surface area contributed by atoms with Crippen LogP contribution in [-0.4, -0.2) is 75.4 Å². The quantitative estimate of drug-likeness (QED) is 0.347. The summed E-state index contributed by atoms with van der Waals surface area (Å²) in [5.74, 6) is -1.78. The lowest BCUT2D eigenvalue weighted by Crippen LogP contribution is -2.54. The average Bonchev–Trinajstić information content (AvgIpc) is 2.85. The second-order valence-corrected chi connectivity index (χ2v) is 9.58. The van der Waals surface area contributed by atoms with E-state index in [2.05, 4.69) is 5.32 Å². The summed E-state index contributed by atoms with van der Waals surface area (Å²) < 4.78 is 5.38. The second kappa shape index (κ2) is 9.97. The lowest BCUT2D eigenvalue weighted by molar-refractivity contribution is -0.146. The number of nitrogens with one attached hydrogen (secondary N) is 1. The number of rotatable bonds is 8. The molecule has 1 aliphatic heterocycles. The normalized spacial score (nSPS) is 25.2. The fourth-order valence-electron chi connectivity index (χ4n) is 3.73. The van der Waals surface area contributed by atoms with Crippen LogP contribution in [0.5, 0.6) is 0 Å². The van der Waals surface area contributed by atoms with Crippen molar-refractivity contribution in [3.8, 4) is 0 Å². The Bertz CT molecular complexity index is 638. The molecule has 0 unspecified atom stereocenters. The molecule has 11 heteroatoms. The van der Waals surface area contributed by atoms with E-state index in [0.29, 0.717) is 6.42 Å². The lowest BCUT2D eigenvalue weighted by atomic mass is 9.71. The highest BCUT2D eigenvalue weighted by atomic mass is 16.6. The Morgan fingerprint density at radius 2 is 1.87 bits per heavy atom. The van der Waals surface area contributed by atoms with Crippen LogP contribution in [0, 0.1) is 11.3 Å². The smallest absolute Gasteiger partial charge is 0.451 e. The van der Waals surface area contributed by atoms with Crippen LogP contribution in [0.3, 0.4) is 0 Å². The van der Waals surface area contributed by atoms with Crippen molar-refractivity contribution in [3.63, 3.8) is 0 Å². The van der Waals surface area contributed by atoms with Crippen molar-refractivity contribution < 1.29 is 34.3 Å². The van der Waals surface area contributed by atoms with Gasteiger partial charge >= 0.3 is 19.2 Å². The molecule has 1 rings (SSSR count). The van der Waals surface area contributed by atoms with E-state index in [9.17, 15) is 19.5 Å². The van der Waals surface area contributed by atoms with E-state index < -0.39 is 54.2 Å². The van der Waals surface area contributed by atoms with Gasteiger partial charge in [0.15, 0.2) is 0 Å². The number of ether oxygens (including phenoxy) is 1. The molecule has 2 amide bonds. The minimum atomic E-state index is -1.53. The number of hydrogen-bond acceptors (Lipinski definition) is 7. The van der Waals surface area contributed by atoms with Gasteiger partial charge in [0.25, 0.3) is 0 Å². The molecule has 0 aromatic carbocycles. The average molecular weight is 429 g/mol. The highest BCUT2D eigenvalue weighted by Crippen LogP contribution is 2.42. The van der Waals surface area contributed by atoms with E-state index in [0.717, 1.165) is 4.90 Å². The Kier molecular flexibility index (Phi) is 8.71.